The molecule has 1 amide bonds. The average Bonchev–Trinajstić information content (AvgIpc) is 2.62. The van der Waals surface area contributed by atoms with E-state index in [1.807, 2.05) is 0 Å². The van der Waals surface area contributed by atoms with Crippen molar-refractivity contribution in [2.45, 2.75) is 0 Å². The summed E-state index contributed by atoms with van der Waals surface area (Å²) in [5.41, 5.74) is 8.78. The number of aromatic nitrogens is 1. The number of hydrogen-bond acceptors (Lipinski definition) is 4. The highest BCUT2D eigenvalue weighted by molar-refractivity contribution is 6.33. The Bertz CT molecular complexity index is 928. The molecule has 0 saturated carbocycles. The Hall–Kier alpha value is -3.05. The zero-order valence-electron chi connectivity index (χ0n) is 13.5. The monoisotopic (exact) mass is 353 g/mol. The van der Waals surface area contributed by atoms with Gasteiger partial charge in [0.25, 0.3) is 5.91 Å². The minimum Gasteiger partial charge on any atom is -0.497 e. The van der Waals surface area contributed by atoms with Crippen LogP contribution in [0.25, 0.3) is 11.3 Å². The van der Waals surface area contributed by atoms with Gasteiger partial charge in [-0.1, -0.05) is 23.7 Å². The Morgan fingerprint density at radius 1 is 1.16 bits per heavy atom. The summed E-state index contributed by atoms with van der Waals surface area (Å²) in [6.07, 6.45) is 1.65. The summed E-state index contributed by atoms with van der Waals surface area (Å²) in [5.74, 6) is 0.357. The molecule has 1 aromatic heterocycles. The standard InChI is InChI=1S/C19H16ClN3O2/c1-25-14-5-2-4-13(11-14)23-19(24)15-8-7-12(10-17(15)21)18-16(20)6-3-9-22-18/h2-11H,21H2,1H3,(H,23,24). The molecular weight excluding hydrogens is 338 g/mol. The van der Waals surface area contributed by atoms with E-state index in [-0.39, 0.29) is 5.91 Å². The summed E-state index contributed by atoms with van der Waals surface area (Å²) in [4.78, 5) is 16.7. The summed E-state index contributed by atoms with van der Waals surface area (Å²) >= 11 is 6.15. The van der Waals surface area contributed by atoms with Crippen LogP contribution >= 0.6 is 11.6 Å². The van der Waals surface area contributed by atoms with E-state index in [0.717, 1.165) is 5.56 Å². The van der Waals surface area contributed by atoms with Gasteiger partial charge in [0.15, 0.2) is 0 Å². The number of hydrogen-bond donors (Lipinski definition) is 2. The fourth-order valence-corrected chi connectivity index (χ4v) is 2.64. The molecule has 5 nitrogen and oxygen atoms in total. The van der Waals surface area contributed by atoms with Gasteiger partial charge in [-0.2, -0.15) is 0 Å². The molecule has 2 aromatic carbocycles. The fourth-order valence-electron chi connectivity index (χ4n) is 2.41. The maximum atomic E-state index is 12.5. The Morgan fingerprint density at radius 2 is 2.00 bits per heavy atom. The van der Waals surface area contributed by atoms with Gasteiger partial charge in [-0.3, -0.25) is 9.78 Å². The van der Waals surface area contributed by atoms with E-state index in [1.165, 1.54) is 0 Å². The van der Waals surface area contributed by atoms with Crippen LogP contribution in [0.15, 0.2) is 60.8 Å². The van der Waals surface area contributed by atoms with Gasteiger partial charge in [-0.05, 0) is 36.4 Å². The molecule has 6 heteroatoms. The highest BCUT2D eigenvalue weighted by Crippen LogP contribution is 2.28. The van der Waals surface area contributed by atoms with Crippen LogP contribution in [0.5, 0.6) is 5.75 Å². The zero-order chi connectivity index (χ0) is 17.8. The highest BCUT2D eigenvalue weighted by Gasteiger charge is 2.13. The molecule has 0 fully saturated rings. The second kappa shape index (κ2) is 7.23. The van der Waals surface area contributed by atoms with Crippen LogP contribution < -0.4 is 15.8 Å². The van der Waals surface area contributed by atoms with Gasteiger partial charge in [0.05, 0.1) is 23.4 Å². The molecule has 0 aliphatic heterocycles. The van der Waals surface area contributed by atoms with E-state index in [9.17, 15) is 4.79 Å². The molecule has 3 aromatic rings. The molecule has 0 spiro atoms. The maximum Gasteiger partial charge on any atom is 0.257 e. The molecule has 0 bridgehead atoms. The van der Waals surface area contributed by atoms with Gasteiger partial charge in [0.2, 0.25) is 0 Å². The van der Waals surface area contributed by atoms with Crippen molar-refractivity contribution >= 4 is 28.9 Å². The van der Waals surface area contributed by atoms with Crippen molar-refractivity contribution in [3.63, 3.8) is 0 Å². The second-order valence-electron chi connectivity index (χ2n) is 5.32. The molecule has 0 saturated heterocycles. The average molecular weight is 354 g/mol. The fraction of sp³-hybridized carbons (Fsp3) is 0.0526. The zero-order valence-corrected chi connectivity index (χ0v) is 14.2. The third-order valence-corrected chi connectivity index (χ3v) is 3.96. The van der Waals surface area contributed by atoms with Gasteiger partial charge in [0.1, 0.15) is 5.75 Å². The van der Waals surface area contributed by atoms with Crippen molar-refractivity contribution in [2.24, 2.45) is 0 Å². The molecule has 126 valence electrons. The minimum absolute atomic E-state index is 0.301. The van der Waals surface area contributed by atoms with Crippen molar-refractivity contribution in [2.75, 3.05) is 18.2 Å². The third kappa shape index (κ3) is 3.72. The van der Waals surface area contributed by atoms with E-state index < -0.39 is 0 Å². The number of rotatable bonds is 4. The highest BCUT2D eigenvalue weighted by atomic mass is 35.5. The van der Waals surface area contributed by atoms with Crippen LogP contribution in [0.1, 0.15) is 10.4 Å². The molecule has 1 heterocycles. The number of methoxy groups -OCH3 is 1. The number of nitrogen functional groups attached to an aromatic ring is 1. The molecule has 0 aliphatic carbocycles. The van der Waals surface area contributed by atoms with Gasteiger partial charge >= 0.3 is 0 Å². The number of carbonyl (C=O) groups excluding carboxylic acids is 1. The van der Waals surface area contributed by atoms with Gasteiger partial charge in [0, 0.05) is 29.2 Å². The molecule has 0 atom stereocenters. The number of carbonyl (C=O) groups is 1. The van der Waals surface area contributed by atoms with Crippen LogP contribution in [0.2, 0.25) is 5.02 Å². The second-order valence-corrected chi connectivity index (χ2v) is 5.73. The number of anilines is 2. The Labute approximate surface area is 150 Å². The van der Waals surface area contributed by atoms with Crippen molar-refractivity contribution in [3.05, 3.63) is 71.4 Å². The van der Waals surface area contributed by atoms with E-state index in [2.05, 4.69) is 10.3 Å². The lowest BCUT2D eigenvalue weighted by molar-refractivity contribution is 0.102. The predicted octanol–water partition coefficient (Wildman–Crippen LogP) is 4.25. The number of amides is 1. The number of pyridine rings is 1. The van der Waals surface area contributed by atoms with Crippen LogP contribution in [-0.2, 0) is 0 Å². The van der Waals surface area contributed by atoms with E-state index in [1.54, 1.807) is 67.9 Å². The number of benzene rings is 2. The summed E-state index contributed by atoms with van der Waals surface area (Å²) < 4.78 is 5.15. The van der Waals surface area contributed by atoms with Crippen LogP contribution in [0.4, 0.5) is 11.4 Å². The molecule has 25 heavy (non-hydrogen) atoms. The lowest BCUT2D eigenvalue weighted by atomic mass is 10.1. The predicted molar refractivity (Wildman–Crippen MR) is 100 cm³/mol. The van der Waals surface area contributed by atoms with Crippen LogP contribution in [0, 0.1) is 0 Å². The summed E-state index contributed by atoms with van der Waals surface area (Å²) in [5, 5.41) is 3.33. The lowest BCUT2D eigenvalue weighted by Crippen LogP contribution is -2.14. The molecule has 3 N–H and O–H groups in total. The smallest absolute Gasteiger partial charge is 0.257 e. The van der Waals surface area contributed by atoms with E-state index in [0.29, 0.717) is 33.4 Å². The van der Waals surface area contributed by atoms with Crippen LogP contribution in [-0.4, -0.2) is 18.0 Å². The minimum atomic E-state index is -0.301. The number of nitrogens with two attached hydrogens (primary N) is 1. The first-order chi connectivity index (χ1) is 12.1. The van der Waals surface area contributed by atoms with Gasteiger partial charge < -0.3 is 15.8 Å². The summed E-state index contributed by atoms with van der Waals surface area (Å²) in [7, 11) is 1.57. The summed E-state index contributed by atoms with van der Waals surface area (Å²) in [6.45, 7) is 0. The lowest BCUT2D eigenvalue weighted by Gasteiger charge is -2.10. The molecule has 0 radical (unpaired) electrons. The molecule has 0 aliphatic rings. The van der Waals surface area contributed by atoms with Crippen LogP contribution in [0.3, 0.4) is 0 Å². The first-order valence-corrected chi connectivity index (χ1v) is 7.92. The topological polar surface area (TPSA) is 77.2 Å². The number of nitrogens with zero attached hydrogens (tertiary/aromatic N) is 1. The van der Waals surface area contributed by atoms with Crippen molar-refractivity contribution in [1.82, 2.24) is 4.98 Å². The third-order valence-electron chi connectivity index (χ3n) is 3.66. The van der Waals surface area contributed by atoms with E-state index in [4.69, 9.17) is 22.1 Å². The number of nitrogens with one attached hydrogen (secondary N) is 1. The van der Waals surface area contributed by atoms with Crippen molar-refractivity contribution in [3.8, 4) is 17.0 Å². The number of ether oxygens (including phenoxy) is 1. The largest absolute Gasteiger partial charge is 0.497 e. The first-order valence-electron chi connectivity index (χ1n) is 7.54. The Kier molecular flexibility index (Phi) is 4.86. The molecule has 3 rings (SSSR count). The number of halogens is 1. The molecule has 0 unspecified atom stereocenters. The maximum absolute atomic E-state index is 12.5. The van der Waals surface area contributed by atoms with E-state index >= 15 is 0 Å². The quantitative estimate of drug-likeness (QED) is 0.687. The SMILES string of the molecule is COc1cccc(NC(=O)c2ccc(-c3ncccc3Cl)cc2N)c1. The normalized spacial score (nSPS) is 10.3. The first kappa shape index (κ1) is 16.8. The Morgan fingerprint density at radius 3 is 2.72 bits per heavy atom. The summed E-state index contributed by atoms with van der Waals surface area (Å²) in [6, 6.07) is 15.7. The Balaban J connectivity index is 1.85. The van der Waals surface area contributed by atoms with Gasteiger partial charge in [-0.25, -0.2) is 0 Å². The van der Waals surface area contributed by atoms with Crippen molar-refractivity contribution < 1.29 is 9.53 Å². The van der Waals surface area contributed by atoms with Gasteiger partial charge in [-0.15, -0.1) is 0 Å². The van der Waals surface area contributed by atoms with Crippen molar-refractivity contribution in [1.29, 1.82) is 0 Å². The molecular formula is C19H16ClN3O2.